The van der Waals surface area contributed by atoms with Crippen molar-refractivity contribution in [1.29, 1.82) is 0 Å². The van der Waals surface area contributed by atoms with Crippen molar-refractivity contribution in [3.8, 4) is 28.1 Å². The summed E-state index contributed by atoms with van der Waals surface area (Å²) in [6, 6.07) is 10.6. The van der Waals surface area contributed by atoms with E-state index < -0.39 is 11.9 Å². The molecule has 0 aliphatic carbocycles. The Balaban J connectivity index is 1.49. The molecule has 1 aromatic heterocycles. The number of piperidine rings is 1. The zero-order valence-electron chi connectivity index (χ0n) is 18.1. The summed E-state index contributed by atoms with van der Waals surface area (Å²) in [7, 11) is 3.43. The molecule has 3 amide bonds. The van der Waals surface area contributed by atoms with Crippen LogP contribution in [0.1, 0.15) is 28.8 Å². The molecule has 0 saturated carbocycles. The molecule has 1 atom stereocenters. The van der Waals surface area contributed by atoms with Gasteiger partial charge in [0.25, 0.3) is 5.91 Å². The molecule has 3 heterocycles. The molecule has 0 bridgehead atoms. The standard InChI is InChI=1S/C24H21ClN4O4/c1-28-22(14-4-7-20(33-2)18(25)10-14)17(11-26-28)13-3-5-16-15(9-13)12-29(24(16)32)19-6-8-21(30)27-23(19)31/h3-5,7,9-11,19H,6,8,12H2,1-2H3,(H,27,30,31). The third-order valence-electron chi connectivity index (χ3n) is 6.20. The van der Waals surface area contributed by atoms with E-state index in [1.54, 1.807) is 29.0 Å². The number of benzene rings is 2. The number of carbonyl (C=O) groups excluding carboxylic acids is 3. The number of imide groups is 1. The van der Waals surface area contributed by atoms with Gasteiger partial charge in [-0.05, 0) is 47.9 Å². The number of halogens is 1. The second-order valence-corrected chi connectivity index (χ2v) is 8.56. The van der Waals surface area contributed by atoms with Crippen molar-refractivity contribution in [2.75, 3.05) is 7.11 Å². The summed E-state index contributed by atoms with van der Waals surface area (Å²) in [5.41, 5.74) is 4.98. The van der Waals surface area contributed by atoms with Gasteiger partial charge in [0.1, 0.15) is 11.8 Å². The SMILES string of the molecule is COc1ccc(-c2c(-c3ccc4c(c3)CN(C3CCC(=O)NC3=O)C4=O)cnn2C)cc1Cl. The molecule has 2 aromatic carbocycles. The number of rotatable bonds is 4. The highest BCUT2D eigenvalue weighted by Gasteiger charge is 2.39. The number of aryl methyl sites for hydroxylation is 1. The first-order chi connectivity index (χ1) is 15.9. The minimum atomic E-state index is -0.638. The third-order valence-corrected chi connectivity index (χ3v) is 6.49. The van der Waals surface area contributed by atoms with Gasteiger partial charge in [0.05, 0.1) is 24.0 Å². The number of hydrogen-bond donors (Lipinski definition) is 1. The number of methoxy groups -OCH3 is 1. The molecule has 1 N–H and O–H groups in total. The van der Waals surface area contributed by atoms with Crippen LogP contribution in [0.5, 0.6) is 5.75 Å². The van der Waals surface area contributed by atoms with Crippen LogP contribution in [0.4, 0.5) is 0 Å². The fraction of sp³-hybridized carbons (Fsp3) is 0.250. The molecule has 168 valence electrons. The maximum atomic E-state index is 13.0. The lowest BCUT2D eigenvalue weighted by molar-refractivity contribution is -0.136. The van der Waals surface area contributed by atoms with Gasteiger partial charge in [-0.15, -0.1) is 0 Å². The molecule has 5 rings (SSSR count). The highest BCUT2D eigenvalue weighted by molar-refractivity contribution is 6.32. The van der Waals surface area contributed by atoms with Crippen LogP contribution < -0.4 is 10.1 Å². The molecule has 33 heavy (non-hydrogen) atoms. The molecule has 1 saturated heterocycles. The molecule has 3 aromatic rings. The second-order valence-electron chi connectivity index (χ2n) is 8.15. The third kappa shape index (κ3) is 3.56. The van der Waals surface area contributed by atoms with Gasteiger partial charge < -0.3 is 9.64 Å². The fourth-order valence-corrected chi connectivity index (χ4v) is 4.80. The number of nitrogens with one attached hydrogen (secondary N) is 1. The molecule has 8 nitrogen and oxygen atoms in total. The van der Waals surface area contributed by atoms with E-state index in [1.165, 1.54) is 0 Å². The maximum absolute atomic E-state index is 13.0. The number of amides is 3. The number of hydrogen-bond acceptors (Lipinski definition) is 5. The minimum Gasteiger partial charge on any atom is -0.495 e. The van der Waals surface area contributed by atoms with Gasteiger partial charge >= 0.3 is 0 Å². The van der Waals surface area contributed by atoms with Crippen LogP contribution in [0.15, 0.2) is 42.6 Å². The summed E-state index contributed by atoms with van der Waals surface area (Å²) in [4.78, 5) is 38.3. The first-order valence-corrected chi connectivity index (χ1v) is 10.9. The van der Waals surface area contributed by atoms with Crippen LogP contribution >= 0.6 is 11.6 Å². The predicted octanol–water partition coefficient (Wildman–Crippen LogP) is 3.18. The molecule has 0 radical (unpaired) electrons. The summed E-state index contributed by atoms with van der Waals surface area (Å²) in [5.74, 6) is -0.322. The number of carbonyl (C=O) groups is 3. The summed E-state index contributed by atoms with van der Waals surface area (Å²) in [6.07, 6.45) is 2.34. The zero-order valence-corrected chi connectivity index (χ0v) is 18.8. The Bertz CT molecular complexity index is 1320. The van der Waals surface area contributed by atoms with Gasteiger partial charge in [-0.25, -0.2) is 0 Å². The molecule has 1 unspecified atom stereocenters. The Kier molecular flexibility index (Phi) is 5.17. The summed E-state index contributed by atoms with van der Waals surface area (Å²) < 4.78 is 7.04. The smallest absolute Gasteiger partial charge is 0.255 e. The Morgan fingerprint density at radius 2 is 1.88 bits per heavy atom. The van der Waals surface area contributed by atoms with Crippen molar-refractivity contribution in [3.05, 3.63) is 58.7 Å². The van der Waals surface area contributed by atoms with Gasteiger partial charge in [0.2, 0.25) is 11.8 Å². The van der Waals surface area contributed by atoms with Crippen LogP contribution in [0.25, 0.3) is 22.4 Å². The zero-order chi connectivity index (χ0) is 23.3. The molecule has 1 fully saturated rings. The highest BCUT2D eigenvalue weighted by Crippen LogP contribution is 2.37. The number of fused-ring (bicyclic) bond motifs is 1. The van der Waals surface area contributed by atoms with E-state index in [2.05, 4.69) is 10.4 Å². The molecular weight excluding hydrogens is 444 g/mol. The average Bonchev–Trinajstić information content (AvgIpc) is 3.33. The monoisotopic (exact) mass is 464 g/mol. The molecule has 0 spiro atoms. The molecular formula is C24H21ClN4O4. The van der Waals surface area contributed by atoms with Gasteiger partial charge in [-0.2, -0.15) is 5.10 Å². The lowest BCUT2D eigenvalue weighted by Gasteiger charge is -2.29. The minimum absolute atomic E-state index is 0.195. The van der Waals surface area contributed by atoms with Crippen molar-refractivity contribution < 1.29 is 19.1 Å². The topological polar surface area (TPSA) is 93.5 Å². The maximum Gasteiger partial charge on any atom is 0.255 e. The van der Waals surface area contributed by atoms with Gasteiger partial charge in [-0.1, -0.05) is 17.7 Å². The number of nitrogens with zero attached hydrogens (tertiary/aromatic N) is 3. The van der Waals surface area contributed by atoms with Crippen molar-refractivity contribution >= 4 is 29.3 Å². The molecule has 9 heteroatoms. The summed E-state index contributed by atoms with van der Waals surface area (Å²) in [6.45, 7) is 0.318. The van der Waals surface area contributed by atoms with Gasteiger partial charge in [0, 0.05) is 36.7 Å². The molecule has 2 aliphatic rings. The average molecular weight is 465 g/mol. The van der Waals surface area contributed by atoms with E-state index in [-0.39, 0.29) is 18.2 Å². The quantitative estimate of drug-likeness (QED) is 0.598. The van der Waals surface area contributed by atoms with E-state index in [4.69, 9.17) is 16.3 Å². The van der Waals surface area contributed by atoms with Crippen LogP contribution in [0.2, 0.25) is 5.02 Å². The van der Waals surface area contributed by atoms with E-state index in [0.29, 0.717) is 29.3 Å². The first-order valence-electron chi connectivity index (χ1n) is 10.5. The lowest BCUT2D eigenvalue weighted by atomic mass is 9.98. The fourth-order valence-electron chi connectivity index (χ4n) is 4.55. The van der Waals surface area contributed by atoms with Crippen LogP contribution in [-0.4, -0.2) is 45.6 Å². The first kappa shape index (κ1) is 21.2. The lowest BCUT2D eigenvalue weighted by Crippen LogP contribution is -2.52. The van der Waals surface area contributed by atoms with Crippen molar-refractivity contribution in [2.45, 2.75) is 25.4 Å². The highest BCUT2D eigenvalue weighted by atomic mass is 35.5. The Labute approximate surface area is 195 Å². The summed E-state index contributed by atoms with van der Waals surface area (Å²) in [5, 5.41) is 7.27. The van der Waals surface area contributed by atoms with Gasteiger partial charge in [-0.3, -0.25) is 24.4 Å². The van der Waals surface area contributed by atoms with E-state index >= 15 is 0 Å². The normalized spacial score (nSPS) is 17.8. The Morgan fingerprint density at radius 3 is 2.61 bits per heavy atom. The van der Waals surface area contributed by atoms with E-state index in [9.17, 15) is 14.4 Å². The summed E-state index contributed by atoms with van der Waals surface area (Å²) >= 11 is 6.35. The van der Waals surface area contributed by atoms with Gasteiger partial charge in [0.15, 0.2) is 0 Å². The van der Waals surface area contributed by atoms with E-state index in [0.717, 1.165) is 27.9 Å². The molecule has 2 aliphatic heterocycles. The van der Waals surface area contributed by atoms with E-state index in [1.807, 2.05) is 37.4 Å². The number of aromatic nitrogens is 2. The second kappa shape index (κ2) is 8.04. The predicted molar refractivity (Wildman–Crippen MR) is 122 cm³/mol. The van der Waals surface area contributed by atoms with Crippen molar-refractivity contribution in [1.82, 2.24) is 20.0 Å². The van der Waals surface area contributed by atoms with Crippen molar-refractivity contribution in [3.63, 3.8) is 0 Å². The number of ether oxygens (including phenoxy) is 1. The van der Waals surface area contributed by atoms with Crippen molar-refractivity contribution in [2.24, 2.45) is 7.05 Å². The Morgan fingerprint density at radius 1 is 1.09 bits per heavy atom. The Hall–Kier alpha value is -3.65. The largest absolute Gasteiger partial charge is 0.495 e. The van der Waals surface area contributed by atoms with Crippen LogP contribution in [-0.2, 0) is 23.2 Å². The van der Waals surface area contributed by atoms with Crippen LogP contribution in [0, 0.1) is 0 Å². The van der Waals surface area contributed by atoms with Crippen LogP contribution in [0.3, 0.4) is 0 Å².